The van der Waals surface area contributed by atoms with Crippen molar-refractivity contribution in [3.8, 4) is 17.3 Å². The van der Waals surface area contributed by atoms with Gasteiger partial charge in [0.15, 0.2) is 0 Å². The third kappa shape index (κ3) is 3.49. The summed E-state index contributed by atoms with van der Waals surface area (Å²) in [5, 5.41) is 12.6. The quantitative estimate of drug-likeness (QED) is 0.502. The number of nitrogens with zero attached hydrogens (tertiary/aromatic N) is 2. The SMILES string of the molecule is N#C/C(=C\c1ccccc1F)c1nc(-c2ccc(Cl)c(Cl)c2)cs1. The van der Waals surface area contributed by atoms with Gasteiger partial charge in [-0.3, -0.25) is 0 Å². The molecule has 0 aliphatic carbocycles. The standard InChI is InChI=1S/C18H9Cl2FN2S/c19-14-6-5-12(8-15(14)20)17-10-24-18(23-17)13(9-22)7-11-3-1-2-4-16(11)21/h1-8,10H/b13-7+. The van der Waals surface area contributed by atoms with Gasteiger partial charge in [0.2, 0.25) is 0 Å². The molecule has 118 valence electrons. The minimum atomic E-state index is -0.383. The van der Waals surface area contributed by atoms with Crippen LogP contribution < -0.4 is 0 Å². The largest absolute Gasteiger partial charge is 0.235 e. The molecule has 0 aliphatic rings. The molecule has 3 aromatic rings. The van der Waals surface area contributed by atoms with E-state index in [2.05, 4.69) is 11.1 Å². The third-order valence-corrected chi connectivity index (χ3v) is 4.89. The zero-order valence-corrected chi connectivity index (χ0v) is 14.5. The summed E-state index contributed by atoms with van der Waals surface area (Å²) in [6.45, 7) is 0. The first-order valence-electron chi connectivity index (χ1n) is 6.86. The van der Waals surface area contributed by atoms with Crippen LogP contribution in [0.4, 0.5) is 4.39 Å². The average Bonchev–Trinajstić information content (AvgIpc) is 3.06. The molecule has 0 unspecified atom stereocenters. The fourth-order valence-corrected chi connectivity index (χ4v) is 3.17. The number of halogens is 3. The molecular weight excluding hydrogens is 366 g/mol. The monoisotopic (exact) mass is 374 g/mol. The van der Waals surface area contributed by atoms with Crippen molar-refractivity contribution < 1.29 is 4.39 Å². The zero-order valence-electron chi connectivity index (χ0n) is 12.1. The molecule has 0 N–H and O–H groups in total. The van der Waals surface area contributed by atoms with Gasteiger partial charge in [-0.25, -0.2) is 9.37 Å². The van der Waals surface area contributed by atoms with Crippen molar-refractivity contribution in [2.45, 2.75) is 0 Å². The Morgan fingerprint density at radius 3 is 2.67 bits per heavy atom. The van der Waals surface area contributed by atoms with E-state index in [9.17, 15) is 9.65 Å². The van der Waals surface area contributed by atoms with Gasteiger partial charge in [-0.15, -0.1) is 11.3 Å². The predicted molar refractivity (Wildman–Crippen MR) is 97.5 cm³/mol. The normalized spacial score (nSPS) is 11.3. The predicted octanol–water partition coefficient (Wildman–Crippen LogP) is 6.32. The Bertz CT molecular complexity index is 973. The smallest absolute Gasteiger partial charge is 0.134 e. The second-order valence-electron chi connectivity index (χ2n) is 4.86. The molecule has 2 nitrogen and oxygen atoms in total. The highest BCUT2D eigenvalue weighted by Crippen LogP contribution is 2.31. The van der Waals surface area contributed by atoms with Crippen molar-refractivity contribution in [2.75, 3.05) is 0 Å². The van der Waals surface area contributed by atoms with Gasteiger partial charge in [-0.1, -0.05) is 47.5 Å². The number of benzene rings is 2. The molecule has 0 atom stereocenters. The molecule has 24 heavy (non-hydrogen) atoms. The average molecular weight is 375 g/mol. The summed E-state index contributed by atoms with van der Waals surface area (Å²) < 4.78 is 13.8. The second kappa shape index (κ2) is 7.14. The lowest BCUT2D eigenvalue weighted by Crippen LogP contribution is -1.85. The molecule has 6 heteroatoms. The van der Waals surface area contributed by atoms with Gasteiger partial charge < -0.3 is 0 Å². The molecule has 1 aromatic heterocycles. The first-order chi connectivity index (χ1) is 11.6. The minimum absolute atomic E-state index is 0.302. The van der Waals surface area contributed by atoms with Crippen molar-refractivity contribution in [1.29, 1.82) is 5.26 Å². The van der Waals surface area contributed by atoms with Crippen LogP contribution in [0, 0.1) is 17.1 Å². The van der Waals surface area contributed by atoms with E-state index < -0.39 is 0 Å². The molecule has 0 radical (unpaired) electrons. The molecule has 0 aliphatic heterocycles. The van der Waals surface area contributed by atoms with Gasteiger partial charge in [-0.05, 0) is 24.3 Å². The van der Waals surface area contributed by atoms with Crippen molar-refractivity contribution >= 4 is 46.2 Å². The summed E-state index contributed by atoms with van der Waals surface area (Å²) in [6.07, 6.45) is 1.49. The molecular formula is C18H9Cl2FN2S. The van der Waals surface area contributed by atoms with Crippen LogP contribution in [0.5, 0.6) is 0 Å². The van der Waals surface area contributed by atoms with E-state index in [1.54, 1.807) is 36.4 Å². The fourth-order valence-electron chi connectivity index (χ4n) is 2.07. The molecule has 3 rings (SSSR count). The van der Waals surface area contributed by atoms with E-state index in [-0.39, 0.29) is 5.82 Å². The highest BCUT2D eigenvalue weighted by Gasteiger charge is 2.11. The first-order valence-corrected chi connectivity index (χ1v) is 8.49. The Kier molecular flexibility index (Phi) is 4.96. The lowest BCUT2D eigenvalue weighted by molar-refractivity contribution is 0.625. The fraction of sp³-hybridized carbons (Fsp3) is 0. The molecule has 0 spiro atoms. The summed E-state index contributed by atoms with van der Waals surface area (Å²) in [4.78, 5) is 4.45. The van der Waals surface area contributed by atoms with Gasteiger partial charge in [0.25, 0.3) is 0 Å². The van der Waals surface area contributed by atoms with Crippen LogP contribution in [-0.4, -0.2) is 4.98 Å². The molecule has 0 fully saturated rings. The van der Waals surface area contributed by atoms with Crippen molar-refractivity contribution in [1.82, 2.24) is 4.98 Å². The third-order valence-electron chi connectivity index (χ3n) is 3.28. The summed E-state index contributed by atoms with van der Waals surface area (Å²) in [5.41, 5.74) is 2.13. The van der Waals surface area contributed by atoms with Crippen LogP contribution in [0.25, 0.3) is 22.9 Å². The van der Waals surface area contributed by atoms with E-state index >= 15 is 0 Å². The van der Waals surface area contributed by atoms with Gasteiger partial charge in [0.1, 0.15) is 16.9 Å². The number of hydrogen-bond acceptors (Lipinski definition) is 3. The summed E-state index contributed by atoms with van der Waals surface area (Å²) in [7, 11) is 0. The van der Waals surface area contributed by atoms with Crippen LogP contribution in [0.3, 0.4) is 0 Å². The second-order valence-corrected chi connectivity index (χ2v) is 6.53. The molecule has 2 aromatic carbocycles. The maximum atomic E-state index is 13.8. The summed E-state index contributed by atoms with van der Waals surface area (Å²) in [5.74, 6) is -0.383. The highest BCUT2D eigenvalue weighted by atomic mass is 35.5. The summed E-state index contributed by atoms with van der Waals surface area (Å²) in [6, 6.07) is 13.6. The zero-order chi connectivity index (χ0) is 17.1. The van der Waals surface area contributed by atoms with E-state index in [0.29, 0.717) is 31.9 Å². The Balaban J connectivity index is 1.98. The number of aromatic nitrogens is 1. The number of thiazole rings is 1. The Labute approximate surface area is 152 Å². The van der Waals surface area contributed by atoms with Crippen molar-refractivity contribution in [3.63, 3.8) is 0 Å². The maximum absolute atomic E-state index is 13.8. The number of hydrogen-bond donors (Lipinski definition) is 0. The van der Waals surface area contributed by atoms with Crippen molar-refractivity contribution in [2.24, 2.45) is 0 Å². The summed E-state index contributed by atoms with van der Waals surface area (Å²) >= 11 is 13.2. The van der Waals surface area contributed by atoms with Gasteiger partial charge in [-0.2, -0.15) is 5.26 Å². The topological polar surface area (TPSA) is 36.7 Å². The molecule has 0 saturated heterocycles. The lowest BCUT2D eigenvalue weighted by Gasteiger charge is -2.00. The van der Waals surface area contributed by atoms with Crippen molar-refractivity contribution in [3.05, 3.63) is 74.3 Å². The van der Waals surface area contributed by atoms with E-state index in [1.807, 2.05) is 5.38 Å². The number of nitriles is 1. The molecule has 1 heterocycles. The Morgan fingerprint density at radius 1 is 1.17 bits per heavy atom. The van der Waals surface area contributed by atoms with Crippen LogP contribution >= 0.6 is 34.5 Å². The van der Waals surface area contributed by atoms with Crippen LogP contribution in [0.1, 0.15) is 10.6 Å². The number of allylic oxidation sites excluding steroid dienone is 1. The molecule has 0 saturated carbocycles. The van der Waals surface area contributed by atoms with E-state index in [0.717, 1.165) is 5.56 Å². The highest BCUT2D eigenvalue weighted by molar-refractivity contribution is 7.11. The van der Waals surface area contributed by atoms with Crippen LogP contribution in [0.2, 0.25) is 10.0 Å². The van der Waals surface area contributed by atoms with Gasteiger partial charge >= 0.3 is 0 Å². The van der Waals surface area contributed by atoms with Gasteiger partial charge in [0, 0.05) is 16.5 Å². The maximum Gasteiger partial charge on any atom is 0.134 e. The Morgan fingerprint density at radius 2 is 1.96 bits per heavy atom. The molecule has 0 bridgehead atoms. The molecule has 0 amide bonds. The van der Waals surface area contributed by atoms with E-state index in [1.165, 1.54) is 23.5 Å². The Hall–Kier alpha value is -2.19. The number of rotatable bonds is 3. The first kappa shape index (κ1) is 16.7. The van der Waals surface area contributed by atoms with Gasteiger partial charge in [0.05, 0.1) is 21.3 Å². The van der Waals surface area contributed by atoms with Crippen LogP contribution in [-0.2, 0) is 0 Å². The van der Waals surface area contributed by atoms with E-state index in [4.69, 9.17) is 23.2 Å². The minimum Gasteiger partial charge on any atom is -0.235 e. The lowest BCUT2D eigenvalue weighted by atomic mass is 10.1. The van der Waals surface area contributed by atoms with Crippen LogP contribution in [0.15, 0.2) is 47.8 Å².